The van der Waals surface area contributed by atoms with Gasteiger partial charge >= 0.3 is 0 Å². The van der Waals surface area contributed by atoms with Gasteiger partial charge in [-0.25, -0.2) is 4.99 Å². The minimum atomic E-state index is 0. The van der Waals surface area contributed by atoms with E-state index in [1.807, 2.05) is 25.1 Å². The molecule has 0 saturated carbocycles. The topological polar surface area (TPSA) is 58.1 Å². The molecule has 3 rings (SSSR count). The summed E-state index contributed by atoms with van der Waals surface area (Å²) in [5.74, 6) is 1.72. The first-order valence-electron chi connectivity index (χ1n) is 10.9. The van der Waals surface area contributed by atoms with Crippen molar-refractivity contribution in [2.45, 2.75) is 26.4 Å². The number of nitrogens with one attached hydrogen (secondary N) is 2. The zero-order valence-corrected chi connectivity index (χ0v) is 20.9. The molecule has 2 aromatic rings. The van der Waals surface area contributed by atoms with Crippen molar-refractivity contribution in [1.82, 2.24) is 15.5 Å². The highest BCUT2D eigenvalue weighted by atomic mass is 127. The summed E-state index contributed by atoms with van der Waals surface area (Å²) in [6.45, 7) is 10.3. The maximum absolute atomic E-state index is 5.74. The van der Waals surface area contributed by atoms with Crippen molar-refractivity contribution in [3.05, 3.63) is 65.7 Å². The van der Waals surface area contributed by atoms with Gasteiger partial charge in [0.05, 0.1) is 32.4 Å². The summed E-state index contributed by atoms with van der Waals surface area (Å²) in [6, 6.07) is 19.0. The Bertz CT molecular complexity index is 782. The fourth-order valence-electron chi connectivity index (χ4n) is 3.65. The zero-order valence-electron chi connectivity index (χ0n) is 18.5. The van der Waals surface area contributed by atoms with Gasteiger partial charge < -0.3 is 20.1 Å². The lowest BCUT2D eigenvalue weighted by Crippen LogP contribution is -2.46. The molecule has 2 aromatic carbocycles. The lowest BCUT2D eigenvalue weighted by atomic mass is 10.0. The molecule has 0 spiro atoms. The van der Waals surface area contributed by atoms with E-state index < -0.39 is 0 Å². The van der Waals surface area contributed by atoms with Crippen LogP contribution in [-0.4, -0.2) is 56.9 Å². The monoisotopic (exact) mass is 538 g/mol. The predicted octanol–water partition coefficient (Wildman–Crippen LogP) is 3.83. The maximum atomic E-state index is 5.74. The summed E-state index contributed by atoms with van der Waals surface area (Å²) in [5, 5.41) is 6.92. The lowest BCUT2D eigenvalue weighted by molar-refractivity contribution is 0.0170. The summed E-state index contributed by atoms with van der Waals surface area (Å²) < 4.78 is 11.3. The molecule has 0 aromatic heterocycles. The number of benzene rings is 2. The molecule has 0 amide bonds. The highest BCUT2D eigenvalue weighted by molar-refractivity contribution is 14.0. The molecule has 1 fully saturated rings. The summed E-state index contributed by atoms with van der Waals surface area (Å²) in [4.78, 5) is 7.29. The van der Waals surface area contributed by atoms with Crippen LogP contribution in [0.5, 0.6) is 5.75 Å². The van der Waals surface area contributed by atoms with E-state index in [2.05, 4.69) is 58.9 Å². The predicted molar refractivity (Wildman–Crippen MR) is 137 cm³/mol. The molecule has 1 aliphatic heterocycles. The molecule has 2 N–H and O–H groups in total. The molecule has 1 atom stereocenters. The third kappa shape index (κ3) is 7.97. The second-order valence-electron chi connectivity index (χ2n) is 7.19. The smallest absolute Gasteiger partial charge is 0.191 e. The van der Waals surface area contributed by atoms with Crippen LogP contribution in [-0.2, 0) is 11.3 Å². The summed E-state index contributed by atoms with van der Waals surface area (Å²) >= 11 is 0. The molecule has 0 bridgehead atoms. The Morgan fingerprint density at radius 3 is 2.45 bits per heavy atom. The molecule has 1 heterocycles. The van der Waals surface area contributed by atoms with Crippen LogP contribution in [0.3, 0.4) is 0 Å². The van der Waals surface area contributed by atoms with Gasteiger partial charge in [0, 0.05) is 31.7 Å². The summed E-state index contributed by atoms with van der Waals surface area (Å²) in [5.41, 5.74) is 2.40. The Morgan fingerprint density at radius 2 is 1.74 bits per heavy atom. The van der Waals surface area contributed by atoms with Gasteiger partial charge in [-0.15, -0.1) is 24.0 Å². The summed E-state index contributed by atoms with van der Waals surface area (Å²) in [7, 11) is 0. The fourth-order valence-corrected chi connectivity index (χ4v) is 3.65. The average Bonchev–Trinajstić information content (AvgIpc) is 2.80. The molecule has 6 nitrogen and oxygen atoms in total. The van der Waals surface area contributed by atoms with Crippen LogP contribution < -0.4 is 15.4 Å². The molecule has 31 heavy (non-hydrogen) atoms. The van der Waals surface area contributed by atoms with Gasteiger partial charge in [-0.2, -0.15) is 0 Å². The number of halogens is 1. The Hall–Kier alpha value is -1.84. The average molecular weight is 538 g/mol. The van der Waals surface area contributed by atoms with E-state index in [1.54, 1.807) is 0 Å². The van der Waals surface area contributed by atoms with E-state index in [4.69, 9.17) is 14.5 Å². The Kier molecular flexibility index (Phi) is 11.7. The van der Waals surface area contributed by atoms with E-state index in [-0.39, 0.29) is 30.0 Å². The number of rotatable bonds is 9. The zero-order chi connectivity index (χ0) is 21.0. The number of nitrogens with zero attached hydrogens (tertiary/aromatic N) is 2. The number of morpholine rings is 1. The third-order valence-electron chi connectivity index (χ3n) is 5.16. The minimum absolute atomic E-state index is 0. The first-order valence-corrected chi connectivity index (χ1v) is 10.9. The molecule has 1 aliphatic rings. The van der Waals surface area contributed by atoms with Crippen molar-refractivity contribution in [1.29, 1.82) is 0 Å². The Morgan fingerprint density at radius 1 is 1.03 bits per heavy atom. The first kappa shape index (κ1) is 25.4. The second-order valence-corrected chi connectivity index (χ2v) is 7.19. The second kappa shape index (κ2) is 14.3. The van der Waals surface area contributed by atoms with Crippen LogP contribution in [0.1, 0.15) is 31.0 Å². The molecule has 0 radical (unpaired) electrons. The highest BCUT2D eigenvalue weighted by Gasteiger charge is 2.22. The normalized spacial score (nSPS) is 15.6. The van der Waals surface area contributed by atoms with E-state index in [9.17, 15) is 0 Å². The van der Waals surface area contributed by atoms with Crippen molar-refractivity contribution in [2.75, 3.05) is 46.0 Å². The van der Waals surface area contributed by atoms with E-state index in [1.165, 1.54) is 5.56 Å². The van der Waals surface area contributed by atoms with Crippen LogP contribution >= 0.6 is 24.0 Å². The van der Waals surface area contributed by atoms with Crippen molar-refractivity contribution in [3.63, 3.8) is 0 Å². The highest BCUT2D eigenvalue weighted by Crippen LogP contribution is 2.21. The van der Waals surface area contributed by atoms with Gasteiger partial charge in [-0.3, -0.25) is 4.90 Å². The number of aliphatic imine (C=N–C) groups is 1. The van der Waals surface area contributed by atoms with E-state index in [0.717, 1.165) is 56.7 Å². The van der Waals surface area contributed by atoms with E-state index >= 15 is 0 Å². The number of hydrogen-bond donors (Lipinski definition) is 2. The van der Waals surface area contributed by atoms with Gasteiger partial charge in [-0.1, -0.05) is 48.5 Å². The molecule has 7 heteroatoms. The number of guanidine groups is 1. The summed E-state index contributed by atoms with van der Waals surface area (Å²) in [6.07, 6.45) is 0. The van der Waals surface area contributed by atoms with Crippen molar-refractivity contribution in [3.8, 4) is 5.75 Å². The molecule has 1 saturated heterocycles. The van der Waals surface area contributed by atoms with Gasteiger partial charge in [0.15, 0.2) is 5.96 Å². The van der Waals surface area contributed by atoms with Crippen molar-refractivity contribution >= 4 is 29.9 Å². The number of ether oxygens (including phenoxy) is 2. The van der Waals surface area contributed by atoms with Gasteiger partial charge in [-0.05, 0) is 25.5 Å². The van der Waals surface area contributed by atoms with E-state index in [0.29, 0.717) is 13.2 Å². The van der Waals surface area contributed by atoms with Crippen LogP contribution in [0, 0.1) is 0 Å². The Balaban J connectivity index is 0.00000341. The van der Waals surface area contributed by atoms with Crippen LogP contribution in [0.25, 0.3) is 0 Å². The fraction of sp³-hybridized carbons (Fsp3) is 0.458. The minimum Gasteiger partial charge on any atom is -0.494 e. The van der Waals surface area contributed by atoms with Crippen molar-refractivity contribution < 1.29 is 9.47 Å². The van der Waals surface area contributed by atoms with Gasteiger partial charge in [0.1, 0.15) is 5.75 Å². The molecular formula is C24H35IN4O2. The van der Waals surface area contributed by atoms with Crippen LogP contribution in [0.15, 0.2) is 59.6 Å². The number of para-hydroxylation sites is 1. The van der Waals surface area contributed by atoms with Crippen LogP contribution in [0.2, 0.25) is 0 Å². The molecular weight excluding hydrogens is 503 g/mol. The maximum Gasteiger partial charge on any atom is 0.191 e. The molecule has 1 unspecified atom stereocenters. The number of hydrogen-bond acceptors (Lipinski definition) is 4. The SMILES string of the molecule is CCNC(=NCc1ccccc1OCC)NCC(c1ccccc1)N1CCOCC1.I. The third-order valence-corrected chi connectivity index (χ3v) is 5.16. The molecule has 170 valence electrons. The van der Waals surface area contributed by atoms with Gasteiger partial charge in [0.25, 0.3) is 0 Å². The standard InChI is InChI=1S/C24H34N4O2.HI/c1-3-25-24(26-18-21-12-8-9-13-23(21)30-4-2)27-19-22(20-10-6-5-7-11-20)28-14-16-29-17-15-28;/h5-13,22H,3-4,14-19H2,1-2H3,(H2,25,26,27);1H. The first-order chi connectivity index (χ1) is 14.8. The van der Waals surface area contributed by atoms with Crippen LogP contribution in [0.4, 0.5) is 0 Å². The largest absolute Gasteiger partial charge is 0.494 e. The quantitative estimate of drug-likeness (QED) is 0.289. The molecule has 0 aliphatic carbocycles. The van der Waals surface area contributed by atoms with Crippen molar-refractivity contribution in [2.24, 2.45) is 4.99 Å². The lowest BCUT2D eigenvalue weighted by Gasteiger charge is -2.35. The van der Waals surface area contributed by atoms with Gasteiger partial charge in [0.2, 0.25) is 0 Å². The Labute approximate surface area is 203 Å².